The van der Waals surface area contributed by atoms with E-state index >= 15 is 0 Å². The summed E-state index contributed by atoms with van der Waals surface area (Å²) in [6.45, 7) is 2.85. The van der Waals surface area contributed by atoms with Gasteiger partial charge < -0.3 is 10.3 Å². The largest absolute Gasteiger partial charge is 0.390 e. The molecule has 0 amide bonds. The Morgan fingerprint density at radius 3 is 2.35 bits per heavy atom. The van der Waals surface area contributed by atoms with Gasteiger partial charge in [0.05, 0.1) is 6.42 Å². The summed E-state index contributed by atoms with van der Waals surface area (Å²) in [6, 6.07) is 12.2. The summed E-state index contributed by atoms with van der Waals surface area (Å²) < 4.78 is 39.8. The summed E-state index contributed by atoms with van der Waals surface area (Å²) >= 11 is 0. The lowest BCUT2D eigenvalue weighted by atomic mass is 10.0. The van der Waals surface area contributed by atoms with Crippen molar-refractivity contribution < 1.29 is 13.2 Å². The van der Waals surface area contributed by atoms with Crippen LogP contribution in [0, 0.1) is 0 Å². The molecule has 3 rings (SSSR count). The van der Waals surface area contributed by atoms with Crippen LogP contribution in [-0.4, -0.2) is 10.7 Å². The highest BCUT2D eigenvalue weighted by Gasteiger charge is 2.31. The summed E-state index contributed by atoms with van der Waals surface area (Å²) in [5, 5.41) is 1.99. The van der Waals surface area contributed by atoms with Crippen molar-refractivity contribution in [2.75, 3.05) is 0 Å². The van der Waals surface area contributed by atoms with Gasteiger partial charge in [-0.3, -0.25) is 0 Å². The minimum atomic E-state index is -4.26. The molecule has 0 radical (unpaired) electrons. The van der Waals surface area contributed by atoms with Crippen molar-refractivity contribution in [3.8, 4) is 0 Å². The monoisotopic (exact) mass is 342 g/mol. The molecule has 0 bridgehead atoms. The van der Waals surface area contributed by atoms with E-state index in [1.165, 1.54) is 0 Å². The molecule has 2 nitrogen and oxygen atoms in total. The van der Waals surface area contributed by atoms with Crippen molar-refractivity contribution >= 4 is 34.2 Å². The predicted octanol–water partition coefficient (Wildman–Crippen LogP) is 5.19. The van der Waals surface area contributed by atoms with E-state index in [2.05, 4.69) is 11.5 Å². The fraction of sp³-hybridized carbons (Fsp3) is 0.294. The zero-order valence-corrected chi connectivity index (χ0v) is 13.4. The lowest BCUT2D eigenvalue weighted by Crippen LogP contribution is -2.20. The Hall–Kier alpha value is -1.72. The van der Waals surface area contributed by atoms with Crippen molar-refractivity contribution in [1.29, 1.82) is 0 Å². The number of nitrogens with two attached hydrogens (primary N) is 1. The SMILES string of the molecule is CCn1c2ccccc2c2cc([C@H](N)CC(F)(F)F)ccc21.Cl. The van der Waals surface area contributed by atoms with Crippen LogP contribution in [-0.2, 0) is 6.54 Å². The molecule has 0 saturated carbocycles. The van der Waals surface area contributed by atoms with Gasteiger partial charge in [0.15, 0.2) is 0 Å². The van der Waals surface area contributed by atoms with E-state index in [4.69, 9.17) is 5.73 Å². The molecule has 1 atom stereocenters. The third-order valence-corrected chi connectivity index (χ3v) is 3.99. The van der Waals surface area contributed by atoms with Crippen molar-refractivity contribution in [3.05, 3.63) is 48.0 Å². The number of nitrogens with zero attached hydrogens (tertiary/aromatic N) is 1. The lowest BCUT2D eigenvalue weighted by Gasteiger charge is -2.14. The van der Waals surface area contributed by atoms with Gasteiger partial charge in [0.2, 0.25) is 0 Å². The van der Waals surface area contributed by atoms with Crippen molar-refractivity contribution in [3.63, 3.8) is 0 Å². The summed E-state index contributed by atoms with van der Waals surface area (Å²) in [7, 11) is 0. The van der Waals surface area contributed by atoms with Gasteiger partial charge >= 0.3 is 6.18 Å². The summed E-state index contributed by atoms with van der Waals surface area (Å²) in [4.78, 5) is 0. The quantitative estimate of drug-likeness (QED) is 0.697. The smallest absolute Gasteiger partial charge is 0.341 e. The van der Waals surface area contributed by atoms with Crippen LogP contribution in [0.2, 0.25) is 0 Å². The van der Waals surface area contributed by atoms with E-state index in [1.54, 1.807) is 12.1 Å². The highest BCUT2D eigenvalue weighted by atomic mass is 35.5. The number of hydrogen-bond donors (Lipinski definition) is 1. The van der Waals surface area contributed by atoms with Gasteiger partial charge in [-0.25, -0.2) is 0 Å². The lowest BCUT2D eigenvalue weighted by molar-refractivity contribution is -0.138. The zero-order valence-electron chi connectivity index (χ0n) is 12.6. The molecule has 1 aromatic heterocycles. The van der Waals surface area contributed by atoms with E-state index in [9.17, 15) is 13.2 Å². The predicted molar refractivity (Wildman–Crippen MR) is 90.0 cm³/mol. The first kappa shape index (κ1) is 17.6. The van der Waals surface area contributed by atoms with Crippen molar-refractivity contribution in [2.24, 2.45) is 5.73 Å². The van der Waals surface area contributed by atoms with E-state index in [0.29, 0.717) is 5.56 Å². The molecule has 124 valence electrons. The standard InChI is InChI=1S/C17H17F3N2.ClH/c1-2-22-15-6-4-3-5-12(15)13-9-11(7-8-16(13)22)14(21)10-17(18,19)20;/h3-9,14H,2,10,21H2,1H3;1H/t14-;/m1./s1. The maximum Gasteiger partial charge on any atom is 0.390 e. The Labute approximate surface area is 138 Å². The Bertz CT molecular complexity index is 824. The van der Waals surface area contributed by atoms with Crippen LogP contribution in [0.15, 0.2) is 42.5 Å². The topological polar surface area (TPSA) is 30.9 Å². The molecule has 0 aliphatic heterocycles. The van der Waals surface area contributed by atoms with E-state index in [1.807, 2.05) is 30.3 Å². The number of benzene rings is 2. The first-order chi connectivity index (χ1) is 10.4. The molecule has 0 spiro atoms. The Morgan fingerprint density at radius 2 is 1.70 bits per heavy atom. The van der Waals surface area contributed by atoms with E-state index in [-0.39, 0.29) is 12.4 Å². The number of hydrogen-bond acceptors (Lipinski definition) is 1. The number of aromatic nitrogens is 1. The Kier molecular flexibility index (Phi) is 4.92. The molecule has 2 aromatic carbocycles. The van der Waals surface area contributed by atoms with Gasteiger partial charge in [0, 0.05) is 34.4 Å². The minimum Gasteiger partial charge on any atom is -0.341 e. The Balaban J connectivity index is 0.00000192. The number of halogens is 4. The van der Waals surface area contributed by atoms with Gasteiger partial charge in [0.25, 0.3) is 0 Å². The highest BCUT2D eigenvalue weighted by Crippen LogP contribution is 2.33. The molecule has 23 heavy (non-hydrogen) atoms. The normalized spacial score (nSPS) is 13.3. The molecular formula is C17H18ClF3N2. The second kappa shape index (κ2) is 6.42. The molecule has 0 fully saturated rings. The van der Waals surface area contributed by atoms with Crippen LogP contribution in [0.3, 0.4) is 0 Å². The average molecular weight is 343 g/mol. The van der Waals surface area contributed by atoms with Crippen LogP contribution >= 0.6 is 12.4 Å². The summed E-state index contributed by atoms with van der Waals surface area (Å²) in [5.74, 6) is 0. The first-order valence-corrected chi connectivity index (χ1v) is 7.24. The number of para-hydroxylation sites is 1. The molecule has 2 N–H and O–H groups in total. The van der Waals surface area contributed by atoms with Crippen LogP contribution in [0.25, 0.3) is 21.8 Å². The van der Waals surface area contributed by atoms with Crippen LogP contribution in [0.4, 0.5) is 13.2 Å². The minimum absolute atomic E-state index is 0. The van der Waals surface area contributed by atoms with Gasteiger partial charge in [-0.05, 0) is 30.7 Å². The molecular weight excluding hydrogens is 325 g/mol. The van der Waals surface area contributed by atoms with E-state index in [0.717, 1.165) is 28.4 Å². The third kappa shape index (κ3) is 3.31. The van der Waals surface area contributed by atoms with Crippen molar-refractivity contribution in [1.82, 2.24) is 4.57 Å². The first-order valence-electron chi connectivity index (χ1n) is 7.24. The maximum atomic E-state index is 12.5. The average Bonchev–Trinajstić information content (AvgIpc) is 2.78. The molecule has 6 heteroatoms. The molecule has 0 aliphatic rings. The summed E-state index contributed by atoms with van der Waals surface area (Å²) in [6.07, 6.45) is -5.27. The number of fused-ring (bicyclic) bond motifs is 3. The number of alkyl halides is 3. The van der Waals surface area contributed by atoms with Crippen LogP contribution in [0.1, 0.15) is 24.9 Å². The second-order valence-corrected chi connectivity index (χ2v) is 5.46. The fourth-order valence-corrected chi connectivity index (χ4v) is 3.01. The second-order valence-electron chi connectivity index (χ2n) is 5.46. The van der Waals surface area contributed by atoms with Gasteiger partial charge in [-0.2, -0.15) is 13.2 Å². The van der Waals surface area contributed by atoms with Gasteiger partial charge in [-0.1, -0.05) is 24.3 Å². The zero-order chi connectivity index (χ0) is 15.9. The molecule has 0 saturated heterocycles. The highest BCUT2D eigenvalue weighted by molar-refractivity contribution is 6.08. The molecule has 1 heterocycles. The van der Waals surface area contributed by atoms with Crippen molar-refractivity contribution in [2.45, 2.75) is 32.1 Å². The number of aryl methyl sites for hydroxylation is 1. The Morgan fingerprint density at radius 1 is 1.04 bits per heavy atom. The van der Waals surface area contributed by atoms with Crippen LogP contribution in [0.5, 0.6) is 0 Å². The molecule has 0 unspecified atom stereocenters. The van der Waals surface area contributed by atoms with E-state index < -0.39 is 18.6 Å². The summed E-state index contributed by atoms with van der Waals surface area (Å²) in [5.41, 5.74) is 8.35. The molecule has 0 aliphatic carbocycles. The van der Waals surface area contributed by atoms with Gasteiger partial charge in [-0.15, -0.1) is 12.4 Å². The third-order valence-electron chi connectivity index (χ3n) is 3.99. The maximum absolute atomic E-state index is 12.5. The van der Waals surface area contributed by atoms with Gasteiger partial charge in [0.1, 0.15) is 0 Å². The molecule has 3 aromatic rings. The van der Waals surface area contributed by atoms with Crippen LogP contribution < -0.4 is 5.73 Å². The fourth-order valence-electron chi connectivity index (χ4n) is 3.01. The number of rotatable bonds is 3.